The molecule has 0 radical (unpaired) electrons. The Morgan fingerprint density at radius 1 is 0.880 bits per heavy atom. The molecule has 0 atom stereocenters. The van der Waals surface area contributed by atoms with E-state index >= 15 is 0 Å². The molecule has 0 saturated heterocycles. The second kappa shape index (κ2) is 7.27. The Bertz CT molecular complexity index is 593. The van der Waals surface area contributed by atoms with Crippen LogP contribution in [-0.4, -0.2) is 30.6 Å². The molecule has 25 heavy (non-hydrogen) atoms. The zero-order valence-corrected chi connectivity index (χ0v) is 12.5. The van der Waals surface area contributed by atoms with Crippen molar-refractivity contribution >= 4 is 6.08 Å². The van der Waals surface area contributed by atoms with Gasteiger partial charge in [-0.15, -0.1) is 0 Å². The number of rotatable bonds is 8. The van der Waals surface area contributed by atoms with Crippen LogP contribution in [0.25, 0.3) is 6.08 Å². The summed E-state index contributed by atoms with van der Waals surface area (Å²) in [5, 5.41) is 0. The van der Waals surface area contributed by atoms with Crippen LogP contribution in [-0.2, 0) is 11.3 Å². The van der Waals surface area contributed by atoms with Crippen molar-refractivity contribution in [3.63, 3.8) is 0 Å². The molecule has 0 bridgehead atoms. The van der Waals surface area contributed by atoms with Gasteiger partial charge >= 0.3 is 23.9 Å². The number of hydrogen-bond donors (Lipinski definition) is 0. The molecule has 0 aliphatic carbocycles. The average molecular weight is 380 g/mol. The minimum Gasteiger partial charge on any atom is -0.377 e. The van der Waals surface area contributed by atoms with Gasteiger partial charge < -0.3 is 4.74 Å². The smallest absolute Gasteiger partial charge is 0.377 e. The Morgan fingerprint density at radius 2 is 1.44 bits per heavy atom. The van der Waals surface area contributed by atoms with Gasteiger partial charge in [-0.3, -0.25) is 0 Å². The molecular formula is C15H13F9O. The minimum absolute atomic E-state index is 0.334. The summed E-state index contributed by atoms with van der Waals surface area (Å²) in [7, 11) is 0. The molecule has 10 heteroatoms. The summed E-state index contributed by atoms with van der Waals surface area (Å²) in [4.78, 5) is 0. The van der Waals surface area contributed by atoms with Gasteiger partial charge in [0.05, 0.1) is 13.2 Å². The van der Waals surface area contributed by atoms with Crippen molar-refractivity contribution in [1.29, 1.82) is 0 Å². The van der Waals surface area contributed by atoms with Gasteiger partial charge in [0.2, 0.25) is 0 Å². The molecule has 1 aromatic carbocycles. The van der Waals surface area contributed by atoms with Gasteiger partial charge in [0.15, 0.2) is 0 Å². The normalized spacial score (nSPS) is 13.8. The predicted octanol–water partition coefficient (Wildman–Crippen LogP) is 5.70. The Balaban J connectivity index is 2.73. The van der Waals surface area contributed by atoms with Crippen LogP contribution in [0.5, 0.6) is 0 Å². The highest BCUT2D eigenvalue weighted by molar-refractivity contribution is 5.51. The minimum atomic E-state index is -6.88. The maximum Gasteiger partial charge on any atom is 0.460 e. The molecule has 142 valence electrons. The average Bonchev–Trinajstić information content (AvgIpc) is 2.50. The van der Waals surface area contributed by atoms with Crippen LogP contribution in [0.1, 0.15) is 17.5 Å². The Labute approximate surface area is 137 Å². The van der Waals surface area contributed by atoms with Crippen molar-refractivity contribution in [3.05, 3.63) is 42.0 Å². The largest absolute Gasteiger partial charge is 0.460 e. The molecule has 0 spiro atoms. The number of benzene rings is 1. The topological polar surface area (TPSA) is 9.23 Å². The van der Waals surface area contributed by atoms with Crippen LogP contribution >= 0.6 is 0 Å². The van der Waals surface area contributed by atoms with Crippen LogP contribution in [0, 0.1) is 0 Å². The number of ether oxygens (including phenoxy) is 1. The number of halogens is 9. The van der Waals surface area contributed by atoms with E-state index in [1.807, 2.05) is 0 Å². The third kappa shape index (κ3) is 4.28. The standard InChI is InChI=1S/C15H13F9O/c1-2-10-5-3-4-6-11(10)9-25-8-7-12(16,17)13(18,19)14(20,21)15(22,23)24/h2-6H,1,7-9H2. The number of alkyl halides is 9. The molecule has 0 unspecified atom stereocenters. The fourth-order valence-corrected chi connectivity index (χ4v) is 1.81. The molecule has 0 heterocycles. The van der Waals surface area contributed by atoms with E-state index in [0.29, 0.717) is 11.1 Å². The first-order chi connectivity index (χ1) is 11.3. The molecule has 0 saturated carbocycles. The molecule has 0 aromatic heterocycles. The second-order valence-corrected chi connectivity index (χ2v) is 5.06. The molecule has 0 amide bonds. The molecular weight excluding hydrogens is 367 g/mol. The lowest BCUT2D eigenvalue weighted by molar-refractivity contribution is -0.397. The Kier molecular flexibility index (Phi) is 6.20. The molecule has 1 nitrogen and oxygen atoms in total. The molecule has 0 aliphatic rings. The van der Waals surface area contributed by atoms with Gasteiger partial charge in [-0.05, 0) is 11.1 Å². The summed E-state index contributed by atoms with van der Waals surface area (Å²) in [6.07, 6.45) is -7.42. The van der Waals surface area contributed by atoms with Gasteiger partial charge in [0.1, 0.15) is 0 Å². The van der Waals surface area contributed by atoms with Crippen LogP contribution in [0.2, 0.25) is 0 Å². The summed E-state index contributed by atoms with van der Waals surface area (Å²) in [5.41, 5.74) is 1.01. The molecule has 1 rings (SSSR count). The summed E-state index contributed by atoms with van der Waals surface area (Å²) >= 11 is 0. The summed E-state index contributed by atoms with van der Waals surface area (Å²) in [5.74, 6) is -19.1. The first kappa shape index (κ1) is 21.3. The van der Waals surface area contributed by atoms with E-state index in [2.05, 4.69) is 6.58 Å². The highest BCUT2D eigenvalue weighted by Crippen LogP contribution is 2.53. The first-order valence-corrected chi connectivity index (χ1v) is 6.76. The highest BCUT2D eigenvalue weighted by atomic mass is 19.4. The van der Waals surface area contributed by atoms with Gasteiger partial charge in [0, 0.05) is 6.42 Å². The van der Waals surface area contributed by atoms with Gasteiger partial charge in [-0.2, -0.15) is 39.5 Å². The summed E-state index contributed by atoms with van der Waals surface area (Å²) in [6.45, 7) is 1.99. The van der Waals surface area contributed by atoms with E-state index in [9.17, 15) is 39.5 Å². The maximum absolute atomic E-state index is 13.3. The van der Waals surface area contributed by atoms with Gasteiger partial charge in [-0.25, -0.2) is 0 Å². The quantitative estimate of drug-likeness (QED) is 0.415. The first-order valence-electron chi connectivity index (χ1n) is 6.76. The lowest BCUT2D eigenvalue weighted by Gasteiger charge is -2.33. The van der Waals surface area contributed by atoms with Crippen molar-refractivity contribution < 1.29 is 44.3 Å². The predicted molar refractivity (Wildman–Crippen MR) is 71.7 cm³/mol. The lowest BCUT2D eigenvalue weighted by atomic mass is 10.0. The fourth-order valence-electron chi connectivity index (χ4n) is 1.81. The Hall–Kier alpha value is -1.71. The van der Waals surface area contributed by atoms with Crippen molar-refractivity contribution in [3.8, 4) is 0 Å². The molecule has 0 fully saturated rings. The van der Waals surface area contributed by atoms with E-state index in [1.165, 1.54) is 12.1 Å². The van der Waals surface area contributed by atoms with Gasteiger partial charge in [-0.1, -0.05) is 36.9 Å². The van der Waals surface area contributed by atoms with Crippen LogP contribution in [0.15, 0.2) is 30.8 Å². The zero-order chi connectivity index (χ0) is 19.5. The van der Waals surface area contributed by atoms with E-state index in [1.54, 1.807) is 18.2 Å². The second-order valence-electron chi connectivity index (χ2n) is 5.06. The zero-order valence-electron chi connectivity index (χ0n) is 12.5. The Morgan fingerprint density at radius 3 is 1.96 bits per heavy atom. The fraction of sp³-hybridized carbons (Fsp3) is 0.467. The lowest BCUT2D eigenvalue weighted by Crippen LogP contribution is -2.61. The highest BCUT2D eigenvalue weighted by Gasteiger charge is 2.81. The monoisotopic (exact) mass is 380 g/mol. The van der Waals surface area contributed by atoms with E-state index in [-0.39, 0.29) is 6.61 Å². The van der Waals surface area contributed by atoms with Crippen molar-refractivity contribution in [1.82, 2.24) is 0 Å². The molecule has 1 aromatic rings. The van der Waals surface area contributed by atoms with E-state index < -0.39 is 37.0 Å². The van der Waals surface area contributed by atoms with Crippen LogP contribution in [0.4, 0.5) is 39.5 Å². The third-order valence-electron chi connectivity index (χ3n) is 3.30. The van der Waals surface area contributed by atoms with Crippen molar-refractivity contribution in [2.45, 2.75) is 37.0 Å². The maximum atomic E-state index is 13.3. The van der Waals surface area contributed by atoms with Crippen molar-refractivity contribution in [2.75, 3.05) is 6.61 Å². The third-order valence-corrected chi connectivity index (χ3v) is 3.30. The van der Waals surface area contributed by atoms with E-state index in [4.69, 9.17) is 4.74 Å². The van der Waals surface area contributed by atoms with Crippen LogP contribution < -0.4 is 0 Å². The molecule has 0 N–H and O–H groups in total. The summed E-state index contributed by atoms with van der Waals surface area (Å²) in [6, 6.07) is 6.31. The van der Waals surface area contributed by atoms with Crippen molar-refractivity contribution in [2.24, 2.45) is 0 Å². The van der Waals surface area contributed by atoms with Crippen LogP contribution in [0.3, 0.4) is 0 Å². The SMILES string of the molecule is C=Cc1ccccc1COCCC(F)(F)C(F)(F)C(F)(F)C(F)(F)F. The number of hydrogen-bond acceptors (Lipinski definition) is 1. The molecule has 0 aliphatic heterocycles. The van der Waals surface area contributed by atoms with E-state index in [0.717, 1.165) is 0 Å². The van der Waals surface area contributed by atoms with Gasteiger partial charge in [0.25, 0.3) is 0 Å². The summed E-state index contributed by atoms with van der Waals surface area (Å²) < 4.78 is 119.